The van der Waals surface area contributed by atoms with Crippen LogP contribution in [0.3, 0.4) is 0 Å². The molecule has 10 nitrogen and oxygen atoms in total. The van der Waals surface area contributed by atoms with Crippen LogP contribution in [0, 0.1) is 11.8 Å². The van der Waals surface area contributed by atoms with Crippen molar-refractivity contribution in [1.82, 2.24) is 24.8 Å². The SMILES string of the molecule is Cn1nnc(COc2ccc(Br)c3c2C2(CC2N2Cc4ccccc4C2=O)N(C(=O)[C@@H]2CCCC[C@@H]2C(=O)O)CC3)c1C(F)F. The lowest BCUT2D eigenvalue weighted by molar-refractivity contribution is -0.154. The maximum atomic E-state index is 14.5. The highest BCUT2D eigenvalue weighted by atomic mass is 79.9. The summed E-state index contributed by atoms with van der Waals surface area (Å²) in [5.74, 6) is -2.36. The van der Waals surface area contributed by atoms with Crippen molar-refractivity contribution in [3.8, 4) is 5.75 Å². The summed E-state index contributed by atoms with van der Waals surface area (Å²) in [6, 6.07) is 10.6. The highest BCUT2D eigenvalue weighted by molar-refractivity contribution is 9.10. The molecule has 2 saturated carbocycles. The first kappa shape index (κ1) is 29.8. The van der Waals surface area contributed by atoms with Gasteiger partial charge in [0, 0.05) is 42.2 Å². The topological polar surface area (TPSA) is 118 Å². The Labute approximate surface area is 266 Å². The molecule has 3 aromatic rings. The maximum Gasteiger partial charge on any atom is 0.307 e. The van der Waals surface area contributed by atoms with Crippen molar-refractivity contribution in [3.63, 3.8) is 0 Å². The lowest BCUT2D eigenvalue weighted by Crippen LogP contribution is -2.53. The monoisotopic (exact) mass is 683 g/mol. The molecule has 2 aliphatic carbocycles. The second kappa shape index (κ2) is 11.2. The van der Waals surface area contributed by atoms with Gasteiger partial charge in [-0.3, -0.25) is 14.4 Å². The van der Waals surface area contributed by atoms with Crippen molar-refractivity contribution in [2.45, 2.75) is 69.7 Å². The summed E-state index contributed by atoms with van der Waals surface area (Å²) in [6.07, 6.45) is 0.568. The van der Waals surface area contributed by atoms with E-state index in [0.29, 0.717) is 50.1 Å². The van der Waals surface area contributed by atoms with Gasteiger partial charge in [0.15, 0.2) is 0 Å². The molecule has 0 radical (unpaired) electrons. The number of nitrogens with zero attached hydrogens (tertiary/aromatic N) is 5. The number of carbonyl (C=O) groups excluding carboxylic acids is 2. The Kier molecular flexibility index (Phi) is 7.41. The number of amides is 2. The van der Waals surface area contributed by atoms with Gasteiger partial charge in [-0.25, -0.2) is 13.5 Å². The van der Waals surface area contributed by atoms with E-state index in [1.165, 1.54) is 7.05 Å². The molecule has 2 fully saturated rings. The van der Waals surface area contributed by atoms with Crippen molar-refractivity contribution in [1.29, 1.82) is 0 Å². The van der Waals surface area contributed by atoms with E-state index >= 15 is 0 Å². The predicted octanol–water partition coefficient (Wildman–Crippen LogP) is 4.99. The first-order valence-corrected chi connectivity index (χ1v) is 16.0. The van der Waals surface area contributed by atoms with E-state index in [2.05, 4.69) is 26.2 Å². The Bertz CT molecular complexity index is 1710. The third kappa shape index (κ3) is 4.72. The van der Waals surface area contributed by atoms with Gasteiger partial charge >= 0.3 is 5.97 Å². The lowest BCUT2D eigenvalue weighted by atomic mass is 9.77. The lowest BCUT2D eigenvalue weighted by Gasteiger charge is -2.43. The molecule has 1 aromatic heterocycles. The van der Waals surface area contributed by atoms with Gasteiger partial charge < -0.3 is 19.6 Å². The molecule has 2 unspecified atom stereocenters. The largest absolute Gasteiger partial charge is 0.487 e. The predicted molar refractivity (Wildman–Crippen MR) is 159 cm³/mol. The van der Waals surface area contributed by atoms with E-state index in [1.807, 2.05) is 24.3 Å². The fourth-order valence-corrected chi connectivity index (χ4v) is 8.37. The molecule has 0 saturated heterocycles. The van der Waals surface area contributed by atoms with Crippen molar-refractivity contribution in [2.75, 3.05) is 6.54 Å². The highest BCUT2D eigenvalue weighted by Crippen LogP contribution is 2.61. The van der Waals surface area contributed by atoms with Crippen LogP contribution in [0.1, 0.15) is 77.0 Å². The summed E-state index contributed by atoms with van der Waals surface area (Å²) < 4.78 is 35.7. The number of aliphatic carboxylic acids is 1. The Balaban J connectivity index is 1.31. The average molecular weight is 685 g/mol. The summed E-state index contributed by atoms with van der Waals surface area (Å²) in [6.45, 7) is 0.470. The van der Waals surface area contributed by atoms with Crippen molar-refractivity contribution in [3.05, 3.63) is 74.5 Å². The molecule has 13 heteroatoms. The van der Waals surface area contributed by atoms with Gasteiger partial charge in [-0.1, -0.05) is 52.2 Å². The number of carbonyl (C=O) groups is 3. The maximum absolute atomic E-state index is 14.5. The van der Waals surface area contributed by atoms with E-state index in [-0.39, 0.29) is 29.8 Å². The first-order valence-electron chi connectivity index (χ1n) is 15.2. The number of benzene rings is 2. The van der Waals surface area contributed by atoms with Crippen LogP contribution >= 0.6 is 15.9 Å². The number of carboxylic acid groups (broad SMARTS) is 1. The first-order chi connectivity index (χ1) is 21.6. The van der Waals surface area contributed by atoms with Crippen LogP contribution in [0.4, 0.5) is 8.78 Å². The second-order valence-corrected chi connectivity index (χ2v) is 13.2. The molecule has 236 valence electrons. The molecule has 3 heterocycles. The summed E-state index contributed by atoms with van der Waals surface area (Å²) in [5, 5.41) is 17.7. The fourth-order valence-electron chi connectivity index (χ4n) is 7.84. The number of aromatic nitrogens is 3. The number of fused-ring (bicyclic) bond motifs is 3. The van der Waals surface area contributed by atoms with Crippen molar-refractivity contribution >= 4 is 33.7 Å². The van der Waals surface area contributed by atoms with Crippen LogP contribution in [0.15, 0.2) is 40.9 Å². The van der Waals surface area contributed by atoms with Gasteiger partial charge in [0.05, 0.1) is 23.4 Å². The van der Waals surface area contributed by atoms with Gasteiger partial charge in [-0.15, -0.1) is 5.10 Å². The van der Waals surface area contributed by atoms with Crippen LogP contribution in [-0.4, -0.2) is 60.3 Å². The number of carboxylic acids is 1. The summed E-state index contributed by atoms with van der Waals surface area (Å²) >= 11 is 3.68. The Hall–Kier alpha value is -3.87. The number of hydrogen-bond donors (Lipinski definition) is 1. The molecule has 2 aromatic carbocycles. The molecule has 45 heavy (non-hydrogen) atoms. The molecular formula is C32H32BrF2N5O5. The molecule has 0 bridgehead atoms. The van der Waals surface area contributed by atoms with Gasteiger partial charge in [0.1, 0.15) is 23.7 Å². The second-order valence-electron chi connectivity index (χ2n) is 12.3. The number of halogens is 3. The Morgan fingerprint density at radius 2 is 1.91 bits per heavy atom. The van der Waals surface area contributed by atoms with E-state index in [4.69, 9.17) is 4.74 Å². The van der Waals surface area contributed by atoms with Crippen LogP contribution in [-0.2, 0) is 41.7 Å². The summed E-state index contributed by atoms with van der Waals surface area (Å²) in [5.41, 5.74) is 1.85. The minimum Gasteiger partial charge on any atom is -0.487 e. The quantitative estimate of drug-likeness (QED) is 0.373. The third-order valence-electron chi connectivity index (χ3n) is 10.0. The minimum atomic E-state index is -2.80. The molecule has 1 N–H and O–H groups in total. The van der Waals surface area contributed by atoms with Crippen molar-refractivity contribution < 1.29 is 33.0 Å². The smallest absolute Gasteiger partial charge is 0.307 e. The molecule has 7 rings (SSSR count). The van der Waals surface area contributed by atoms with Crippen LogP contribution in [0.2, 0.25) is 0 Å². The minimum absolute atomic E-state index is 0.00554. The zero-order valence-electron chi connectivity index (χ0n) is 24.6. The van der Waals surface area contributed by atoms with E-state index in [9.17, 15) is 28.3 Å². The number of alkyl halides is 2. The standard InChI is InChI=1S/C32H32BrF2N5O5/c1-38-27(28(34)35)23(36-37-38)16-45-24-11-10-22(33)21-12-13-40(30(42)19-8-4-5-9-20(19)31(43)44)32(26(21)24)14-25(32)39-15-17-6-2-3-7-18(17)29(39)41/h2-3,6-7,10-11,19-20,25,28H,4-5,8-9,12-16H2,1H3,(H,43,44)/t19-,20+,25?,32?/m1/s1. The average Bonchev–Trinajstić information content (AvgIpc) is 3.46. The Morgan fingerprint density at radius 3 is 2.64 bits per heavy atom. The zero-order valence-corrected chi connectivity index (χ0v) is 26.2. The van der Waals surface area contributed by atoms with E-state index in [0.717, 1.165) is 38.7 Å². The number of ether oxygens (including phenoxy) is 1. The van der Waals surface area contributed by atoms with E-state index < -0.39 is 35.8 Å². The number of aryl methyl sites for hydroxylation is 1. The third-order valence-corrected chi connectivity index (χ3v) is 10.8. The van der Waals surface area contributed by atoms with Crippen LogP contribution < -0.4 is 4.74 Å². The molecule has 4 atom stereocenters. The highest BCUT2D eigenvalue weighted by Gasteiger charge is 2.68. The summed E-state index contributed by atoms with van der Waals surface area (Å²) in [4.78, 5) is 44.1. The molecule has 2 amide bonds. The van der Waals surface area contributed by atoms with Crippen LogP contribution in [0.5, 0.6) is 5.75 Å². The zero-order chi connectivity index (χ0) is 31.6. The van der Waals surface area contributed by atoms with Gasteiger partial charge in [0.25, 0.3) is 12.3 Å². The van der Waals surface area contributed by atoms with Gasteiger partial charge in [0.2, 0.25) is 5.91 Å². The normalized spacial score (nSPS) is 25.4. The number of hydrogen-bond acceptors (Lipinski definition) is 6. The molecule has 1 spiro atoms. The molecule has 2 aliphatic heterocycles. The van der Waals surface area contributed by atoms with Crippen molar-refractivity contribution in [2.24, 2.45) is 18.9 Å². The van der Waals surface area contributed by atoms with Gasteiger partial charge in [-0.2, -0.15) is 0 Å². The number of rotatable bonds is 7. The molecule has 4 aliphatic rings. The fraction of sp³-hybridized carbons (Fsp3) is 0.469. The van der Waals surface area contributed by atoms with E-state index in [1.54, 1.807) is 21.9 Å². The molecular weight excluding hydrogens is 652 g/mol. The Morgan fingerprint density at radius 1 is 1.16 bits per heavy atom. The van der Waals surface area contributed by atoms with Gasteiger partial charge in [-0.05, 0) is 48.6 Å². The summed E-state index contributed by atoms with van der Waals surface area (Å²) in [7, 11) is 1.40. The van der Waals surface area contributed by atoms with Crippen LogP contribution in [0.25, 0.3) is 0 Å².